The summed E-state index contributed by atoms with van der Waals surface area (Å²) in [7, 11) is 2.20. The summed E-state index contributed by atoms with van der Waals surface area (Å²) in [6.45, 7) is 16.4. The molecule has 2 heteroatoms. The van der Waals surface area contributed by atoms with Crippen molar-refractivity contribution in [3.63, 3.8) is 0 Å². The van der Waals surface area contributed by atoms with Gasteiger partial charge < -0.3 is 9.64 Å². The van der Waals surface area contributed by atoms with E-state index in [1.54, 1.807) is 0 Å². The Kier molecular flexibility index (Phi) is 8.93. The van der Waals surface area contributed by atoms with E-state index in [1.807, 2.05) is 0 Å². The van der Waals surface area contributed by atoms with E-state index in [0.717, 1.165) is 13.2 Å². The van der Waals surface area contributed by atoms with Gasteiger partial charge in [0, 0.05) is 6.54 Å². The maximum atomic E-state index is 5.74. The van der Waals surface area contributed by atoms with E-state index in [4.69, 9.17) is 4.74 Å². The normalized spacial score (nSPS) is 13.3. The molecule has 0 aliphatic rings. The molecule has 0 bridgehead atoms. The molecule has 0 aromatic heterocycles. The Balaban J connectivity index is 3.37. The maximum Gasteiger partial charge on any atom is 0.0600 e. The first kappa shape index (κ1) is 18.9. The minimum absolute atomic E-state index is 0.00615. The van der Waals surface area contributed by atoms with E-state index in [9.17, 15) is 0 Å². The van der Waals surface area contributed by atoms with Crippen LogP contribution in [0, 0.1) is 5.41 Å². The number of nitrogens with zero attached hydrogens (tertiary/aromatic N) is 1. The first-order chi connectivity index (χ1) is 8.60. The average molecular weight is 271 g/mol. The van der Waals surface area contributed by atoms with Crippen LogP contribution in [-0.4, -0.2) is 37.2 Å². The van der Waals surface area contributed by atoms with Crippen LogP contribution in [0.2, 0.25) is 0 Å². The van der Waals surface area contributed by atoms with Gasteiger partial charge in [0.2, 0.25) is 0 Å². The van der Waals surface area contributed by atoms with Crippen molar-refractivity contribution < 1.29 is 4.74 Å². The van der Waals surface area contributed by atoms with E-state index in [1.165, 1.54) is 38.6 Å². The van der Waals surface area contributed by atoms with Crippen LogP contribution in [0.1, 0.15) is 73.6 Å². The predicted molar refractivity (Wildman–Crippen MR) is 85.7 cm³/mol. The van der Waals surface area contributed by atoms with Gasteiger partial charge in [0.1, 0.15) is 0 Å². The summed E-state index contributed by atoms with van der Waals surface area (Å²) in [5.41, 5.74) is 0.495. The van der Waals surface area contributed by atoms with Gasteiger partial charge in [0.25, 0.3) is 0 Å². The third-order valence-corrected chi connectivity index (χ3v) is 3.22. The van der Waals surface area contributed by atoms with Crippen LogP contribution in [0.5, 0.6) is 0 Å². The van der Waals surface area contributed by atoms with Crippen LogP contribution in [0.25, 0.3) is 0 Å². The summed E-state index contributed by atoms with van der Waals surface area (Å²) in [5, 5.41) is 0. The van der Waals surface area contributed by atoms with Gasteiger partial charge in [-0.2, -0.15) is 0 Å². The van der Waals surface area contributed by atoms with Gasteiger partial charge in [-0.3, -0.25) is 0 Å². The summed E-state index contributed by atoms with van der Waals surface area (Å²) in [4.78, 5) is 2.38. The second-order valence-electron chi connectivity index (χ2n) is 7.99. The highest BCUT2D eigenvalue weighted by Crippen LogP contribution is 2.22. The lowest BCUT2D eigenvalue weighted by Crippen LogP contribution is -2.28. The molecule has 0 aromatic rings. The Morgan fingerprint density at radius 3 is 1.89 bits per heavy atom. The molecule has 0 saturated heterocycles. The zero-order valence-corrected chi connectivity index (χ0v) is 14.5. The van der Waals surface area contributed by atoms with Gasteiger partial charge in [0.05, 0.1) is 12.2 Å². The monoisotopic (exact) mass is 271 g/mol. The molecule has 0 saturated carbocycles. The van der Waals surface area contributed by atoms with Crippen LogP contribution >= 0.6 is 0 Å². The average Bonchev–Trinajstić information content (AvgIpc) is 2.19. The third-order valence-electron chi connectivity index (χ3n) is 3.22. The molecule has 2 nitrogen and oxygen atoms in total. The lowest BCUT2D eigenvalue weighted by molar-refractivity contribution is -0.0108. The molecule has 19 heavy (non-hydrogen) atoms. The topological polar surface area (TPSA) is 12.5 Å². The highest BCUT2D eigenvalue weighted by Gasteiger charge is 2.10. The molecule has 0 heterocycles. The largest absolute Gasteiger partial charge is 0.375 e. The first-order valence-corrected chi connectivity index (χ1v) is 7.93. The fourth-order valence-electron chi connectivity index (χ4n) is 2.01. The molecule has 0 amide bonds. The SMILES string of the molecule is CN(CCCCCCC(C)(C)C)CCOC(C)(C)C. The quantitative estimate of drug-likeness (QED) is 0.562. The maximum absolute atomic E-state index is 5.74. The lowest BCUT2D eigenvalue weighted by Gasteiger charge is -2.22. The van der Waals surface area contributed by atoms with E-state index in [0.29, 0.717) is 5.41 Å². The predicted octanol–water partition coefficient (Wildman–Crippen LogP) is 4.73. The Labute approximate surface area is 121 Å². The number of ether oxygens (including phenoxy) is 1. The van der Waals surface area contributed by atoms with Gasteiger partial charge in [-0.05, 0) is 52.6 Å². The summed E-state index contributed by atoms with van der Waals surface area (Å²) >= 11 is 0. The van der Waals surface area contributed by atoms with Crippen molar-refractivity contribution in [1.29, 1.82) is 0 Å². The van der Waals surface area contributed by atoms with Crippen molar-refractivity contribution in [3.8, 4) is 0 Å². The van der Waals surface area contributed by atoms with E-state index >= 15 is 0 Å². The number of rotatable bonds is 9. The number of unbranched alkanes of at least 4 members (excludes halogenated alkanes) is 3. The van der Waals surface area contributed by atoms with E-state index in [2.05, 4.69) is 53.5 Å². The van der Waals surface area contributed by atoms with Crippen LogP contribution < -0.4 is 0 Å². The number of hydrogen-bond acceptors (Lipinski definition) is 2. The highest BCUT2D eigenvalue weighted by atomic mass is 16.5. The smallest absolute Gasteiger partial charge is 0.0600 e. The molecule has 0 atom stereocenters. The Bertz CT molecular complexity index is 212. The van der Waals surface area contributed by atoms with Crippen molar-refractivity contribution in [2.75, 3.05) is 26.7 Å². The molecule has 0 rings (SSSR count). The van der Waals surface area contributed by atoms with Gasteiger partial charge in [-0.15, -0.1) is 0 Å². The van der Waals surface area contributed by atoms with Gasteiger partial charge >= 0.3 is 0 Å². The van der Waals surface area contributed by atoms with E-state index in [-0.39, 0.29) is 5.60 Å². The second kappa shape index (κ2) is 8.97. The van der Waals surface area contributed by atoms with Gasteiger partial charge in [-0.25, -0.2) is 0 Å². The van der Waals surface area contributed by atoms with Crippen molar-refractivity contribution in [2.45, 2.75) is 79.2 Å². The molecular formula is C17H37NO. The zero-order chi connectivity index (χ0) is 14.9. The van der Waals surface area contributed by atoms with Gasteiger partial charge in [-0.1, -0.05) is 40.0 Å². The van der Waals surface area contributed by atoms with Crippen LogP contribution in [0.15, 0.2) is 0 Å². The fraction of sp³-hybridized carbons (Fsp3) is 1.00. The fourth-order valence-corrected chi connectivity index (χ4v) is 2.01. The van der Waals surface area contributed by atoms with Crippen LogP contribution in [0.3, 0.4) is 0 Å². The van der Waals surface area contributed by atoms with Crippen molar-refractivity contribution in [2.24, 2.45) is 5.41 Å². The summed E-state index contributed by atoms with van der Waals surface area (Å²) in [5.74, 6) is 0. The van der Waals surface area contributed by atoms with Gasteiger partial charge in [0.15, 0.2) is 0 Å². The molecule has 0 fully saturated rings. The summed E-state index contributed by atoms with van der Waals surface area (Å²) in [6.07, 6.45) is 6.78. The summed E-state index contributed by atoms with van der Waals surface area (Å²) < 4.78 is 5.74. The Morgan fingerprint density at radius 2 is 1.37 bits per heavy atom. The molecule has 0 spiro atoms. The molecule has 0 aliphatic heterocycles. The minimum Gasteiger partial charge on any atom is -0.375 e. The first-order valence-electron chi connectivity index (χ1n) is 7.93. The molecule has 0 N–H and O–H groups in total. The van der Waals surface area contributed by atoms with Crippen molar-refractivity contribution in [3.05, 3.63) is 0 Å². The molecule has 116 valence electrons. The zero-order valence-electron chi connectivity index (χ0n) is 14.5. The molecule has 0 aliphatic carbocycles. The molecule has 0 unspecified atom stereocenters. The molecular weight excluding hydrogens is 234 g/mol. The van der Waals surface area contributed by atoms with Crippen molar-refractivity contribution in [1.82, 2.24) is 4.90 Å². The van der Waals surface area contributed by atoms with Crippen LogP contribution in [-0.2, 0) is 4.74 Å². The minimum atomic E-state index is -0.00615. The standard InChI is InChI=1S/C17H37NO/c1-16(2,3)12-10-8-9-11-13-18(7)14-15-19-17(4,5)6/h8-15H2,1-7H3. The van der Waals surface area contributed by atoms with Crippen LogP contribution in [0.4, 0.5) is 0 Å². The Morgan fingerprint density at radius 1 is 0.789 bits per heavy atom. The second-order valence-corrected chi connectivity index (χ2v) is 7.99. The molecule has 0 aromatic carbocycles. The Hall–Kier alpha value is -0.0800. The van der Waals surface area contributed by atoms with Crippen molar-refractivity contribution >= 4 is 0 Å². The number of likely N-dealkylation sites (N-methyl/N-ethyl adjacent to an activating group) is 1. The summed E-state index contributed by atoms with van der Waals surface area (Å²) in [6, 6.07) is 0. The molecule has 0 radical (unpaired) electrons. The van der Waals surface area contributed by atoms with E-state index < -0.39 is 0 Å². The lowest BCUT2D eigenvalue weighted by atomic mass is 9.89. The number of hydrogen-bond donors (Lipinski definition) is 0. The highest BCUT2D eigenvalue weighted by molar-refractivity contribution is 4.62. The third kappa shape index (κ3) is 15.9.